The van der Waals surface area contributed by atoms with Gasteiger partial charge in [-0.1, -0.05) is 44.4 Å². The lowest BCUT2D eigenvalue weighted by molar-refractivity contribution is 0.0862. The van der Waals surface area contributed by atoms with Gasteiger partial charge in [0.25, 0.3) is 0 Å². The van der Waals surface area contributed by atoms with Gasteiger partial charge in [-0.2, -0.15) is 5.10 Å². The SMILES string of the molecule is CCC1CCCC(C(=O)c2cnn(-c3ccccc3)c2)C1. The summed E-state index contributed by atoms with van der Waals surface area (Å²) in [4.78, 5) is 12.7. The van der Waals surface area contributed by atoms with Gasteiger partial charge in [0.05, 0.1) is 17.4 Å². The van der Waals surface area contributed by atoms with Crippen molar-refractivity contribution in [2.24, 2.45) is 11.8 Å². The summed E-state index contributed by atoms with van der Waals surface area (Å²) in [6, 6.07) is 9.92. The number of Topliss-reactive ketones (excluding diaryl/α,β-unsaturated/α-hetero) is 1. The highest BCUT2D eigenvalue weighted by Gasteiger charge is 2.27. The highest BCUT2D eigenvalue weighted by atomic mass is 16.1. The molecule has 1 aromatic heterocycles. The molecule has 0 spiro atoms. The molecule has 1 saturated carbocycles. The van der Waals surface area contributed by atoms with E-state index in [9.17, 15) is 4.79 Å². The van der Waals surface area contributed by atoms with Gasteiger partial charge in [-0.3, -0.25) is 4.79 Å². The number of carbonyl (C=O) groups excluding carboxylic acids is 1. The number of nitrogens with zero attached hydrogens (tertiary/aromatic N) is 2. The van der Waals surface area contributed by atoms with Crippen molar-refractivity contribution in [1.82, 2.24) is 9.78 Å². The van der Waals surface area contributed by atoms with Crippen LogP contribution in [-0.4, -0.2) is 15.6 Å². The highest BCUT2D eigenvalue weighted by molar-refractivity contribution is 5.97. The maximum absolute atomic E-state index is 12.7. The van der Waals surface area contributed by atoms with Crippen LogP contribution in [0.2, 0.25) is 0 Å². The molecule has 0 N–H and O–H groups in total. The van der Waals surface area contributed by atoms with Crippen LogP contribution in [0.3, 0.4) is 0 Å². The Hall–Kier alpha value is -1.90. The van der Waals surface area contributed by atoms with Crippen LogP contribution in [0, 0.1) is 11.8 Å². The Labute approximate surface area is 126 Å². The third-order valence-electron chi connectivity index (χ3n) is 4.62. The summed E-state index contributed by atoms with van der Waals surface area (Å²) >= 11 is 0. The van der Waals surface area contributed by atoms with Crippen LogP contribution in [0.4, 0.5) is 0 Å². The molecule has 1 aliphatic rings. The number of rotatable bonds is 4. The molecule has 1 fully saturated rings. The summed E-state index contributed by atoms with van der Waals surface area (Å²) in [5, 5.41) is 4.34. The van der Waals surface area contributed by atoms with E-state index in [1.54, 1.807) is 10.9 Å². The van der Waals surface area contributed by atoms with Crippen LogP contribution in [-0.2, 0) is 0 Å². The van der Waals surface area contributed by atoms with Crippen molar-refractivity contribution in [3.05, 3.63) is 48.3 Å². The van der Waals surface area contributed by atoms with Gasteiger partial charge in [0, 0.05) is 12.1 Å². The molecule has 1 aliphatic carbocycles. The molecule has 2 aromatic rings. The van der Waals surface area contributed by atoms with Crippen molar-refractivity contribution in [2.75, 3.05) is 0 Å². The Balaban J connectivity index is 1.75. The lowest BCUT2D eigenvalue weighted by atomic mass is 9.77. The first-order chi connectivity index (χ1) is 10.3. The maximum Gasteiger partial charge on any atom is 0.169 e. The van der Waals surface area contributed by atoms with Gasteiger partial charge < -0.3 is 0 Å². The molecule has 0 aliphatic heterocycles. The highest BCUT2D eigenvalue weighted by Crippen LogP contribution is 2.33. The summed E-state index contributed by atoms with van der Waals surface area (Å²) in [6.45, 7) is 2.23. The topological polar surface area (TPSA) is 34.9 Å². The van der Waals surface area contributed by atoms with Gasteiger partial charge in [0.1, 0.15) is 0 Å². The zero-order chi connectivity index (χ0) is 14.7. The van der Waals surface area contributed by atoms with Gasteiger partial charge in [0.15, 0.2) is 5.78 Å². The number of carbonyl (C=O) groups is 1. The minimum absolute atomic E-state index is 0.192. The zero-order valence-electron chi connectivity index (χ0n) is 12.5. The number of ketones is 1. The molecule has 1 aromatic carbocycles. The Kier molecular flexibility index (Phi) is 4.18. The molecule has 0 saturated heterocycles. The second-order valence-corrected chi connectivity index (χ2v) is 6.01. The quantitative estimate of drug-likeness (QED) is 0.785. The molecule has 110 valence electrons. The van der Waals surface area contributed by atoms with Crippen LogP contribution < -0.4 is 0 Å². The lowest BCUT2D eigenvalue weighted by Gasteiger charge is -2.27. The first kappa shape index (κ1) is 14.1. The van der Waals surface area contributed by atoms with Crippen LogP contribution in [0.25, 0.3) is 5.69 Å². The second kappa shape index (κ2) is 6.25. The zero-order valence-corrected chi connectivity index (χ0v) is 12.5. The molecule has 0 amide bonds. The van der Waals surface area contributed by atoms with Crippen LogP contribution >= 0.6 is 0 Å². The van der Waals surface area contributed by atoms with E-state index in [1.807, 2.05) is 36.5 Å². The van der Waals surface area contributed by atoms with Crippen molar-refractivity contribution in [1.29, 1.82) is 0 Å². The number of hydrogen-bond acceptors (Lipinski definition) is 2. The maximum atomic E-state index is 12.7. The van der Waals surface area contributed by atoms with Gasteiger partial charge >= 0.3 is 0 Å². The fraction of sp³-hybridized carbons (Fsp3) is 0.444. The Morgan fingerprint density at radius 3 is 2.86 bits per heavy atom. The van der Waals surface area contributed by atoms with E-state index in [0.717, 1.165) is 30.0 Å². The van der Waals surface area contributed by atoms with E-state index >= 15 is 0 Å². The predicted molar refractivity (Wildman–Crippen MR) is 83.6 cm³/mol. The fourth-order valence-corrected chi connectivity index (χ4v) is 3.31. The van der Waals surface area contributed by atoms with Gasteiger partial charge in [-0.25, -0.2) is 4.68 Å². The minimum Gasteiger partial charge on any atom is -0.294 e. The Morgan fingerprint density at radius 1 is 1.29 bits per heavy atom. The molecule has 2 unspecified atom stereocenters. The van der Waals surface area contributed by atoms with Crippen LogP contribution in [0.15, 0.2) is 42.7 Å². The van der Waals surface area contributed by atoms with Crippen LogP contribution in [0.5, 0.6) is 0 Å². The van der Waals surface area contributed by atoms with Crippen molar-refractivity contribution < 1.29 is 4.79 Å². The minimum atomic E-state index is 0.192. The standard InChI is InChI=1S/C18H22N2O/c1-2-14-7-6-8-15(11-14)18(21)16-12-19-20(13-16)17-9-4-3-5-10-17/h3-5,9-10,12-15H,2,6-8,11H2,1H3. The molecule has 3 heteroatoms. The average Bonchev–Trinajstić information content (AvgIpc) is 3.05. The molecule has 2 atom stereocenters. The van der Waals surface area contributed by atoms with Crippen LogP contribution in [0.1, 0.15) is 49.4 Å². The predicted octanol–water partition coefficient (Wildman–Crippen LogP) is 4.27. The number of benzene rings is 1. The lowest BCUT2D eigenvalue weighted by Crippen LogP contribution is -2.22. The average molecular weight is 282 g/mol. The Morgan fingerprint density at radius 2 is 2.10 bits per heavy atom. The number of hydrogen-bond donors (Lipinski definition) is 0. The van der Waals surface area contributed by atoms with Crippen molar-refractivity contribution in [3.8, 4) is 5.69 Å². The molecule has 21 heavy (non-hydrogen) atoms. The molecule has 3 nitrogen and oxygen atoms in total. The first-order valence-corrected chi connectivity index (χ1v) is 7.92. The van der Waals surface area contributed by atoms with E-state index < -0.39 is 0 Å². The summed E-state index contributed by atoms with van der Waals surface area (Å²) in [7, 11) is 0. The van der Waals surface area contributed by atoms with Gasteiger partial charge in [-0.15, -0.1) is 0 Å². The van der Waals surface area contributed by atoms with Gasteiger partial charge in [-0.05, 0) is 30.9 Å². The van der Waals surface area contributed by atoms with Crippen molar-refractivity contribution in [2.45, 2.75) is 39.0 Å². The third-order valence-corrected chi connectivity index (χ3v) is 4.62. The second-order valence-electron chi connectivity index (χ2n) is 6.01. The molecule has 1 heterocycles. The summed E-state index contributed by atoms with van der Waals surface area (Å²) in [6.07, 6.45) is 9.31. The number of aromatic nitrogens is 2. The molecule has 3 rings (SSSR count). The van der Waals surface area contributed by atoms with E-state index in [0.29, 0.717) is 0 Å². The monoisotopic (exact) mass is 282 g/mol. The molecular weight excluding hydrogens is 260 g/mol. The summed E-state index contributed by atoms with van der Waals surface area (Å²) in [5.41, 5.74) is 1.74. The molecule has 0 bridgehead atoms. The summed E-state index contributed by atoms with van der Waals surface area (Å²) in [5.74, 6) is 1.18. The fourth-order valence-electron chi connectivity index (χ4n) is 3.31. The van der Waals surface area contributed by atoms with E-state index in [-0.39, 0.29) is 11.7 Å². The largest absolute Gasteiger partial charge is 0.294 e. The smallest absolute Gasteiger partial charge is 0.169 e. The van der Waals surface area contributed by atoms with E-state index in [4.69, 9.17) is 0 Å². The molecule has 0 radical (unpaired) electrons. The normalized spacial score (nSPS) is 22.1. The third kappa shape index (κ3) is 3.07. The van der Waals surface area contributed by atoms with Gasteiger partial charge in [0.2, 0.25) is 0 Å². The number of para-hydroxylation sites is 1. The Bertz CT molecular complexity index is 603. The first-order valence-electron chi connectivity index (χ1n) is 7.92. The van der Waals surface area contributed by atoms with E-state index in [1.165, 1.54) is 19.3 Å². The van der Waals surface area contributed by atoms with Crippen molar-refractivity contribution in [3.63, 3.8) is 0 Å². The van der Waals surface area contributed by atoms with Crippen molar-refractivity contribution >= 4 is 5.78 Å². The summed E-state index contributed by atoms with van der Waals surface area (Å²) < 4.78 is 1.79. The molecular formula is C18H22N2O. The van der Waals surface area contributed by atoms with E-state index in [2.05, 4.69) is 12.0 Å².